The van der Waals surface area contributed by atoms with E-state index >= 15 is 0 Å². The maximum absolute atomic E-state index is 12.8. The van der Waals surface area contributed by atoms with Crippen LogP contribution < -0.4 is 10.9 Å². The molecule has 0 saturated heterocycles. The van der Waals surface area contributed by atoms with Crippen LogP contribution in [0.3, 0.4) is 0 Å². The van der Waals surface area contributed by atoms with E-state index in [4.69, 9.17) is 16.1 Å². The Morgan fingerprint density at radius 3 is 2.48 bits per heavy atom. The molecule has 1 N–H and O–H groups in total. The third-order valence-corrected chi connectivity index (χ3v) is 3.50. The first kappa shape index (κ1) is 19.0. The van der Waals surface area contributed by atoms with E-state index < -0.39 is 34.8 Å². The standard InChI is InChI=1S/C15H15ClF3N3O3/c1-14(2,3)10-5-12(25-21-10)20-11(23)7-22-6-8(15(17,18)19)4-9(16)13(22)24/h4-6H,7H2,1-3H3,(H,20,23). The summed E-state index contributed by atoms with van der Waals surface area (Å²) >= 11 is 5.53. The lowest BCUT2D eigenvalue weighted by atomic mass is 9.92. The molecule has 0 aliphatic rings. The summed E-state index contributed by atoms with van der Waals surface area (Å²) < 4.78 is 43.9. The second kappa shape index (κ2) is 6.55. The summed E-state index contributed by atoms with van der Waals surface area (Å²) in [5.41, 5.74) is -1.75. The molecule has 2 aromatic heterocycles. The molecule has 0 fully saturated rings. The number of carbonyl (C=O) groups is 1. The minimum Gasteiger partial charge on any atom is -0.338 e. The van der Waals surface area contributed by atoms with Crippen LogP contribution in [0.1, 0.15) is 32.0 Å². The monoisotopic (exact) mass is 377 g/mol. The van der Waals surface area contributed by atoms with E-state index in [1.165, 1.54) is 6.07 Å². The van der Waals surface area contributed by atoms with Gasteiger partial charge in [-0.25, -0.2) is 0 Å². The first-order chi connectivity index (χ1) is 11.4. The molecule has 0 aromatic carbocycles. The van der Waals surface area contributed by atoms with Gasteiger partial charge in [0, 0.05) is 17.7 Å². The van der Waals surface area contributed by atoms with Gasteiger partial charge in [-0.2, -0.15) is 13.2 Å². The number of nitrogens with zero attached hydrogens (tertiary/aromatic N) is 2. The number of pyridine rings is 1. The lowest BCUT2D eigenvalue weighted by molar-refractivity contribution is -0.138. The number of anilines is 1. The maximum Gasteiger partial charge on any atom is 0.417 e. The van der Waals surface area contributed by atoms with Crippen LogP contribution in [-0.2, 0) is 22.9 Å². The van der Waals surface area contributed by atoms with Gasteiger partial charge in [0.05, 0.1) is 11.3 Å². The van der Waals surface area contributed by atoms with Crippen molar-refractivity contribution in [2.24, 2.45) is 0 Å². The van der Waals surface area contributed by atoms with Gasteiger partial charge >= 0.3 is 6.18 Å². The normalized spacial score (nSPS) is 12.3. The Bertz CT molecular complexity index is 850. The molecule has 0 aliphatic heterocycles. The zero-order chi connectivity index (χ0) is 19.0. The SMILES string of the molecule is CC(C)(C)c1cc(NC(=O)Cn2cc(C(F)(F)F)cc(Cl)c2=O)on1. The largest absolute Gasteiger partial charge is 0.417 e. The van der Waals surface area contributed by atoms with E-state index in [1.54, 1.807) is 0 Å². The van der Waals surface area contributed by atoms with Crippen molar-refractivity contribution in [3.05, 3.63) is 45.0 Å². The highest BCUT2D eigenvalue weighted by atomic mass is 35.5. The number of nitrogens with one attached hydrogen (secondary N) is 1. The summed E-state index contributed by atoms with van der Waals surface area (Å²) in [5, 5.41) is 5.51. The highest BCUT2D eigenvalue weighted by molar-refractivity contribution is 6.30. The second-order valence-corrected chi connectivity index (χ2v) is 6.79. The first-order valence-corrected chi connectivity index (χ1v) is 7.50. The van der Waals surface area contributed by atoms with Gasteiger partial charge < -0.3 is 9.09 Å². The number of halogens is 4. The molecule has 0 atom stereocenters. The lowest BCUT2D eigenvalue weighted by Gasteiger charge is -2.12. The average molecular weight is 378 g/mol. The fraction of sp³-hybridized carbons (Fsp3) is 0.400. The summed E-state index contributed by atoms with van der Waals surface area (Å²) in [5.74, 6) is -0.727. The molecule has 2 aromatic rings. The topological polar surface area (TPSA) is 77.1 Å². The highest BCUT2D eigenvalue weighted by Crippen LogP contribution is 2.29. The molecule has 0 spiro atoms. The van der Waals surface area contributed by atoms with Crippen LogP contribution in [0.4, 0.5) is 19.1 Å². The number of carbonyl (C=O) groups excluding carboxylic acids is 1. The molecule has 0 saturated carbocycles. The molecular formula is C15H15ClF3N3O3. The van der Waals surface area contributed by atoms with Crippen LogP contribution in [0.15, 0.2) is 27.6 Å². The van der Waals surface area contributed by atoms with Crippen LogP contribution in [0, 0.1) is 0 Å². The summed E-state index contributed by atoms with van der Waals surface area (Å²) in [4.78, 5) is 23.8. The summed E-state index contributed by atoms with van der Waals surface area (Å²) in [7, 11) is 0. The average Bonchev–Trinajstić information content (AvgIpc) is 2.91. The van der Waals surface area contributed by atoms with Crippen molar-refractivity contribution in [3.8, 4) is 0 Å². The lowest BCUT2D eigenvalue weighted by Crippen LogP contribution is -2.29. The van der Waals surface area contributed by atoms with Crippen molar-refractivity contribution in [2.75, 3.05) is 5.32 Å². The molecule has 1 amide bonds. The molecule has 0 aliphatic carbocycles. The van der Waals surface area contributed by atoms with E-state index in [0.717, 1.165) is 0 Å². The molecule has 6 nitrogen and oxygen atoms in total. The Morgan fingerprint density at radius 2 is 1.96 bits per heavy atom. The van der Waals surface area contributed by atoms with Crippen LogP contribution in [0.2, 0.25) is 5.02 Å². The third-order valence-electron chi connectivity index (χ3n) is 3.22. The third kappa shape index (κ3) is 4.62. The fourth-order valence-electron chi connectivity index (χ4n) is 1.89. The van der Waals surface area contributed by atoms with Crippen LogP contribution in [0.5, 0.6) is 0 Å². The van der Waals surface area contributed by atoms with Crippen molar-refractivity contribution < 1.29 is 22.5 Å². The van der Waals surface area contributed by atoms with Crippen molar-refractivity contribution in [3.63, 3.8) is 0 Å². The summed E-state index contributed by atoms with van der Waals surface area (Å²) in [6, 6.07) is 2.02. The van der Waals surface area contributed by atoms with Gasteiger partial charge in [0.2, 0.25) is 11.8 Å². The predicted octanol–water partition coefficient (Wildman–Crippen LogP) is 3.44. The molecule has 0 radical (unpaired) electrons. The molecule has 0 bridgehead atoms. The number of amides is 1. The number of rotatable bonds is 3. The highest BCUT2D eigenvalue weighted by Gasteiger charge is 2.32. The number of hydrogen-bond donors (Lipinski definition) is 1. The molecule has 2 rings (SSSR count). The number of hydrogen-bond acceptors (Lipinski definition) is 4. The zero-order valence-corrected chi connectivity index (χ0v) is 14.3. The molecule has 2 heterocycles. The van der Waals surface area contributed by atoms with Crippen molar-refractivity contribution in [1.29, 1.82) is 0 Å². The zero-order valence-electron chi connectivity index (χ0n) is 13.6. The fourth-order valence-corrected chi connectivity index (χ4v) is 2.12. The predicted molar refractivity (Wildman–Crippen MR) is 84.5 cm³/mol. The van der Waals surface area contributed by atoms with Crippen molar-refractivity contribution in [1.82, 2.24) is 9.72 Å². The van der Waals surface area contributed by atoms with Crippen LogP contribution >= 0.6 is 11.6 Å². The summed E-state index contributed by atoms with van der Waals surface area (Å²) in [6.07, 6.45) is -4.16. The molecule has 10 heteroatoms. The van der Waals surface area contributed by atoms with E-state index in [2.05, 4.69) is 10.5 Å². The van der Waals surface area contributed by atoms with E-state index in [9.17, 15) is 22.8 Å². The van der Waals surface area contributed by atoms with Crippen LogP contribution in [-0.4, -0.2) is 15.6 Å². The smallest absolute Gasteiger partial charge is 0.338 e. The minimum absolute atomic E-state index is 0.0287. The Labute approximate surface area is 145 Å². The van der Waals surface area contributed by atoms with Crippen molar-refractivity contribution >= 4 is 23.4 Å². The molecule has 136 valence electrons. The summed E-state index contributed by atoms with van der Waals surface area (Å²) in [6.45, 7) is 5.01. The number of aromatic nitrogens is 2. The van der Waals surface area contributed by atoms with Gasteiger partial charge in [-0.1, -0.05) is 37.5 Å². The molecule has 25 heavy (non-hydrogen) atoms. The van der Waals surface area contributed by atoms with Gasteiger partial charge in [-0.15, -0.1) is 0 Å². The van der Waals surface area contributed by atoms with E-state index in [0.29, 0.717) is 22.5 Å². The molecular weight excluding hydrogens is 363 g/mol. The Balaban J connectivity index is 2.19. The van der Waals surface area contributed by atoms with Gasteiger partial charge in [-0.3, -0.25) is 14.9 Å². The quantitative estimate of drug-likeness (QED) is 0.888. The van der Waals surface area contributed by atoms with Crippen molar-refractivity contribution in [2.45, 2.75) is 38.9 Å². The second-order valence-electron chi connectivity index (χ2n) is 6.38. The first-order valence-electron chi connectivity index (χ1n) is 7.12. The Kier molecular flexibility index (Phi) is 4.99. The van der Waals surface area contributed by atoms with Gasteiger partial charge in [-0.05, 0) is 6.07 Å². The van der Waals surface area contributed by atoms with Gasteiger partial charge in [0.15, 0.2) is 0 Å². The Hall–Kier alpha value is -2.29. The van der Waals surface area contributed by atoms with Gasteiger partial charge in [0.25, 0.3) is 5.56 Å². The van der Waals surface area contributed by atoms with E-state index in [-0.39, 0.29) is 11.3 Å². The minimum atomic E-state index is -4.69. The van der Waals surface area contributed by atoms with Gasteiger partial charge in [0.1, 0.15) is 11.6 Å². The maximum atomic E-state index is 12.8. The van der Waals surface area contributed by atoms with Crippen LogP contribution in [0.25, 0.3) is 0 Å². The Morgan fingerprint density at radius 1 is 1.32 bits per heavy atom. The van der Waals surface area contributed by atoms with E-state index in [1.807, 2.05) is 20.8 Å². The molecule has 0 unspecified atom stereocenters. The number of alkyl halides is 3.